The van der Waals surface area contributed by atoms with Gasteiger partial charge in [-0.2, -0.15) is 0 Å². The van der Waals surface area contributed by atoms with E-state index < -0.39 is 0 Å². The molecule has 2 aliphatic rings. The number of nitrogens with one attached hydrogen (secondary N) is 1. The van der Waals surface area contributed by atoms with Gasteiger partial charge in [0.25, 0.3) is 11.8 Å². The van der Waals surface area contributed by atoms with Crippen molar-refractivity contribution in [3.05, 3.63) is 87.9 Å². The average Bonchev–Trinajstić information content (AvgIpc) is 3.48. The first-order valence-electron chi connectivity index (χ1n) is 13.3. The lowest BCUT2D eigenvalue weighted by molar-refractivity contribution is 0.0664. The van der Waals surface area contributed by atoms with E-state index in [4.69, 9.17) is 0 Å². The fourth-order valence-electron chi connectivity index (χ4n) is 4.37. The predicted molar refractivity (Wildman–Crippen MR) is 157 cm³/mol. The molecule has 0 unspecified atom stereocenters. The molecule has 1 aromatic carbocycles. The first-order chi connectivity index (χ1) is 17.8. The Hall–Kier alpha value is -2.96. The van der Waals surface area contributed by atoms with Gasteiger partial charge in [0, 0.05) is 36.6 Å². The van der Waals surface area contributed by atoms with Crippen LogP contribution in [0.15, 0.2) is 60.7 Å². The van der Waals surface area contributed by atoms with E-state index in [9.17, 15) is 9.59 Å². The minimum absolute atomic E-state index is 0.0713. The van der Waals surface area contributed by atoms with Crippen molar-refractivity contribution in [1.82, 2.24) is 9.80 Å². The molecule has 0 saturated carbocycles. The highest BCUT2D eigenvalue weighted by atomic mass is 32.1. The van der Waals surface area contributed by atoms with Crippen LogP contribution in [0.2, 0.25) is 0 Å². The SMILES string of the molecule is C=CC/C=C\C=C(\C)CC.Cc1cccc(C(=O)Nc2sc3c(c2C(=O)N2CCN(C)CC2)CCC3)c1. The predicted octanol–water partition coefficient (Wildman–Crippen LogP) is 6.66. The normalized spacial score (nSPS) is 15.8. The molecule has 1 saturated heterocycles. The van der Waals surface area contributed by atoms with Gasteiger partial charge >= 0.3 is 0 Å². The lowest BCUT2D eigenvalue weighted by atomic mass is 10.1. The number of carbonyl (C=O) groups excluding carboxylic acids is 2. The minimum Gasteiger partial charge on any atom is -0.336 e. The molecule has 2 heterocycles. The molecule has 1 N–H and O–H groups in total. The molecule has 2 aromatic rings. The standard InChI is InChI=1S/C21H25N3O2S.C10H16/c1-14-5-3-6-15(13-14)19(25)22-20-18(16-7-4-8-17(16)27-20)21(26)24-11-9-23(2)10-12-24;1-4-6-7-8-9-10(3)5-2/h3,5-6,13H,4,7-12H2,1-2H3,(H,22,25);4,7-9H,1,5-6H2,2-3H3/b;8-7-,10-9-. The maximum absolute atomic E-state index is 13.3. The molecule has 4 rings (SSSR count). The first-order valence-corrected chi connectivity index (χ1v) is 14.1. The van der Waals surface area contributed by atoms with Gasteiger partial charge in [-0.1, -0.05) is 54.5 Å². The third-order valence-electron chi connectivity index (χ3n) is 6.81. The molecular formula is C31H41N3O2S. The van der Waals surface area contributed by atoms with Crippen molar-refractivity contribution in [3.8, 4) is 0 Å². The van der Waals surface area contributed by atoms with Crippen LogP contribution in [0, 0.1) is 6.92 Å². The third-order valence-corrected chi connectivity index (χ3v) is 8.02. The van der Waals surface area contributed by atoms with Crippen molar-refractivity contribution in [2.75, 3.05) is 38.5 Å². The van der Waals surface area contributed by atoms with Gasteiger partial charge in [0.2, 0.25) is 0 Å². The highest BCUT2D eigenvalue weighted by Crippen LogP contribution is 2.40. The summed E-state index contributed by atoms with van der Waals surface area (Å²) >= 11 is 1.58. The highest BCUT2D eigenvalue weighted by molar-refractivity contribution is 7.17. The second kappa shape index (κ2) is 14.1. The second-order valence-electron chi connectivity index (χ2n) is 9.80. The van der Waals surface area contributed by atoms with Crippen LogP contribution in [-0.4, -0.2) is 54.8 Å². The molecule has 37 heavy (non-hydrogen) atoms. The van der Waals surface area contributed by atoms with E-state index in [1.165, 1.54) is 10.5 Å². The molecule has 0 radical (unpaired) electrons. The van der Waals surface area contributed by atoms with Crippen LogP contribution in [0.25, 0.3) is 0 Å². The summed E-state index contributed by atoms with van der Waals surface area (Å²) in [5, 5.41) is 3.75. The molecule has 1 aliphatic heterocycles. The van der Waals surface area contributed by atoms with Crippen LogP contribution < -0.4 is 5.32 Å². The van der Waals surface area contributed by atoms with Crippen LogP contribution in [0.5, 0.6) is 0 Å². The van der Waals surface area contributed by atoms with Crippen molar-refractivity contribution >= 4 is 28.2 Å². The lowest BCUT2D eigenvalue weighted by Gasteiger charge is -2.32. The molecule has 1 fully saturated rings. The van der Waals surface area contributed by atoms with Gasteiger partial charge in [-0.05, 0) is 70.7 Å². The number of rotatable bonds is 7. The molecule has 2 amide bonds. The van der Waals surface area contributed by atoms with E-state index in [0.29, 0.717) is 5.56 Å². The van der Waals surface area contributed by atoms with E-state index in [1.807, 2.05) is 42.2 Å². The van der Waals surface area contributed by atoms with Crippen LogP contribution in [0.3, 0.4) is 0 Å². The Morgan fingerprint density at radius 2 is 1.92 bits per heavy atom. The Labute approximate surface area is 226 Å². The Morgan fingerprint density at radius 1 is 1.16 bits per heavy atom. The molecule has 1 aliphatic carbocycles. The van der Waals surface area contributed by atoms with Gasteiger partial charge < -0.3 is 15.1 Å². The van der Waals surface area contributed by atoms with Crippen molar-refractivity contribution in [2.24, 2.45) is 0 Å². The van der Waals surface area contributed by atoms with E-state index >= 15 is 0 Å². The van der Waals surface area contributed by atoms with E-state index in [-0.39, 0.29) is 11.8 Å². The van der Waals surface area contributed by atoms with Crippen molar-refractivity contribution in [3.63, 3.8) is 0 Å². The van der Waals surface area contributed by atoms with Crippen LogP contribution in [-0.2, 0) is 12.8 Å². The topological polar surface area (TPSA) is 52.7 Å². The van der Waals surface area contributed by atoms with Crippen LogP contribution in [0.4, 0.5) is 5.00 Å². The van der Waals surface area contributed by atoms with Gasteiger partial charge in [-0.3, -0.25) is 9.59 Å². The smallest absolute Gasteiger partial charge is 0.257 e. The van der Waals surface area contributed by atoms with Gasteiger partial charge in [0.15, 0.2) is 0 Å². The third kappa shape index (κ3) is 8.01. The van der Waals surface area contributed by atoms with Gasteiger partial charge in [-0.25, -0.2) is 0 Å². The quantitative estimate of drug-likeness (QED) is 0.329. The summed E-state index contributed by atoms with van der Waals surface area (Å²) < 4.78 is 0. The maximum atomic E-state index is 13.3. The average molecular weight is 520 g/mol. The number of carbonyl (C=O) groups is 2. The number of hydrogen-bond acceptors (Lipinski definition) is 4. The van der Waals surface area contributed by atoms with Gasteiger partial charge in [0.05, 0.1) is 5.56 Å². The number of allylic oxidation sites excluding steroid dienone is 5. The summed E-state index contributed by atoms with van der Waals surface area (Å²) in [5.74, 6) is -0.0758. The highest BCUT2D eigenvalue weighted by Gasteiger charge is 2.31. The van der Waals surface area contributed by atoms with E-state index in [2.05, 4.69) is 55.9 Å². The fraction of sp³-hybridized carbons (Fsp3) is 0.419. The van der Waals surface area contributed by atoms with E-state index in [1.54, 1.807) is 11.3 Å². The number of anilines is 1. The zero-order valence-corrected chi connectivity index (χ0v) is 23.6. The summed E-state index contributed by atoms with van der Waals surface area (Å²) in [6.07, 6.45) is 13.4. The minimum atomic E-state index is -0.147. The molecule has 0 bridgehead atoms. The number of fused-ring (bicyclic) bond motifs is 1. The van der Waals surface area contributed by atoms with Crippen LogP contribution >= 0.6 is 11.3 Å². The number of piperazine rings is 1. The van der Waals surface area contributed by atoms with Gasteiger partial charge in [-0.15, -0.1) is 17.9 Å². The largest absolute Gasteiger partial charge is 0.336 e. The Bertz CT molecular complexity index is 1150. The molecular weight excluding hydrogens is 478 g/mol. The number of benzene rings is 1. The molecule has 198 valence electrons. The fourth-order valence-corrected chi connectivity index (χ4v) is 5.65. The van der Waals surface area contributed by atoms with Crippen LogP contribution in [0.1, 0.15) is 69.8 Å². The lowest BCUT2D eigenvalue weighted by Crippen LogP contribution is -2.47. The molecule has 6 heteroatoms. The number of amides is 2. The Morgan fingerprint density at radius 3 is 2.59 bits per heavy atom. The maximum Gasteiger partial charge on any atom is 0.257 e. The molecule has 5 nitrogen and oxygen atoms in total. The molecule has 0 atom stereocenters. The summed E-state index contributed by atoms with van der Waals surface area (Å²) in [5.41, 5.74) is 4.98. The van der Waals surface area contributed by atoms with E-state index in [0.717, 1.165) is 80.0 Å². The first kappa shape index (κ1) is 28.6. The van der Waals surface area contributed by atoms with Crippen molar-refractivity contribution in [2.45, 2.75) is 52.9 Å². The molecule has 0 spiro atoms. The van der Waals surface area contributed by atoms with Gasteiger partial charge in [0.1, 0.15) is 5.00 Å². The Kier molecular flexibility index (Phi) is 10.9. The Balaban J connectivity index is 0.000000325. The molecule has 1 aromatic heterocycles. The monoisotopic (exact) mass is 519 g/mol. The summed E-state index contributed by atoms with van der Waals surface area (Å²) in [4.78, 5) is 31.5. The second-order valence-corrected chi connectivity index (χ2v) is 10.9. The number of nitrogens with zero attached hydrogens (tertiary/aromatic N) is 2. The number of hydrogen-bond donors (Lipinski definition) is 1. The number of thiophene rings is 1. The van der Waals surface area contributed by atoms with Crippen molar-refractivity contribution < 1.29 is 9.59 Å². The summed E-state index contributed by atoms with van der Waals surface area (Å²) in [7, 11) is 2.08. The van der Waals surface area contributed by atoms with Crippen molar-refractivity contribution in [1.29, 1.82) is 0 Å². The zero-order valence-electron chi connectivity index (χ0n) is 22.8. The number of likely N-dealkylation sites (N-methyl/N-ethyl adjacent to an activating group) is 1. The number of aryl methyl sites for hydroxylation is 2. The summed E-state index contributed by atoms with van der Waals surface area (Å²) in [6, 6.07) is 7.54. The zero-order chi connectivity index (χ0) is 26.8. The summed E-state index contributed by atoms with van der Waals surface area (Å²) in [6.45, 7) is 13.2.